The van der Waals surface area contributed by atoms with Gasteiger partial charge in [-0.1, -0.05) is 6.58 Å². The number of carbonyl (C=O) groups is 2. The summed E-state index contributed by atoms with van der Waals surface area (Å²) in [6.45, 7) is 3.18. The van der Waals surface area contributed by atoms with Crippen molar-refractivity contribution in [1.82, 2.24) is 0 Å². The Morgan fingerprint density at radius 1 is 1.40 bits per heavy atom. The first kappa shape index (κ1) is 12.5. The molecule has 50 valence electrons. The van der Waals surface area contributed by atoms with Gasteiger partial charge in [-0.15, -0.1) is 0 Å². The van der Waals surface area contributed by atoms with Crippen molar-refractivity contribution in [3.63, 3.8) is 0 Å². The zero-order chi connectivity index (χ0) is 7.28. The Labute approximate surface area is 81.4 Å². The van der Waals surface area contributed by atoms with Crippen molar-refractivity contribution in [2.24, 2.45) is 0 Å². The Bertz CT molecular complexity index is 142. The molecule has 0 unspecified atom stereocenters. The fraction of sp³-hybridized carbons (Fsp3) is 0.333. The fourth-order valence-electron chi connectivity index (χ4n) is 0.327. The number of carboxylic acid groups (broad SMARTS) is 1. The van der Waals surface area contributed by atoms with Gasteiger partial charge in [0.1, 0.15) is 0 Å². The first-order chi connectivity index (χ1) is 4.16. The molecule has 10 heavy (non-hydrogen) atoms. The van der Waals surface area contributed by atoms with Crippen molar-refractivity contribution in [2.45, 2.75) is 12.8 Å². The average molecular weight is 150 g/mol. The van der Waals surface area contributed by atoms with Crippen LogP contribution in [0.2, 0.25) is 0 Å². The van der Waals surface area contributed by atoms with Crippen LogP contribution in [0.1, 0.15) is 12.8 Å². The summed E-state index contributed by atoms with van der Waals surface area (Å²) in [6.07, 6.45) is 0.875. The van der Waals surface area contributed by atoms with E-state index in [0.29, 0.717) is 0 Å². The summed E-state index contributed by atoms with van der Waals surface area (Å²) in [5, 5.41) is 9.72. The molecular weight excluding hydrogens is 143 g/mol. The Morgan fingerprint density at radius 3 is 2.20 bits per heavy atom. The predicted octanol–water partition coefficient (Wildman–Crippen LogP) is -3.72. The molecule has 4 heteroatoms. The van der Waals surface area contributed by atoms with Gasteiger partial charge >= 0.3 is 29.6 Å². The second-order valence-corrected chi connectivity index (χ2v) is 1.54. The van der Waals surface area contributed by atoms with Crippen molar-refractivity contribution in [3.8, 4) is 0 Å². The number of ketones is 1. The average Bonchev–Trinajstić information content (AvgIpc) is 1.83. The van der Waals surface area contributed by atoms with Crippen LogP contribution in [0.15, 0.2) is 12.7 Å². The summed E-state index contributed by atoms with van der Waals surface area (Å²) in [5.74, 6) is -1.47. The molecule has 0 atom stereocenters. The molecular formula is C6H7NaO3. The second-order valence-electron chi connectivity index (χ2n) is 1.54. The van der Waals surface area contributed by atoms with Crippen molar-refractivity contribution in [1.29, 1.82) is 0 Å². The molecule has 0 aliphatic heterocycles. The molecule has 0 aromatic rings. The summed E-state index contributed by atoms with van der Waals surface area (Å²) in [5.41, 5.74) is 0. The van der Waals surface area contributed by atoms with Crippen molar-refractivity contribution in [2.75, 3.05) is 0 Å². The van der Waals surface area contributed by atoms with Crippen LogP contribution in [0, 0.1) is 0 Å². The van der Waals surface area contributed by atoms with Crippen LogP contribution in [0.4, 0.5) is 0 Å². The van der Waals surface area contributed by atoms with Gasteiger partial charge < -0.3 is 9.90 Å². The monoisotopic (exact) mass is 150 g/mol. The van der Waals surface area contributed by atoms with Gasteiger partial charge in [0.25, 0.3) is 0 Å². The van der Waals surface area contributed by atoms with Crippen LogP contribution in [-0.2, 0) is 9.59 Å². The molecule has 0 spiro atoms. The van der Waals surface area contributed by atoms with Gasteiger partial charge in [-0.2, -0.15) is 0 Å². The maximum absolute atomic E-state index is 10.3. The molecule has 0 rings (SSSR count). The van der Waals surface area contributed by atoms with Crippen LogP contribution in [0.25, 0.3) is 0 Å². The third-order valence-electron chi connectivity index (χ3n) is 0.803. The van der Waals surface area contributed by atoms with Gasteiger partial charge in [-0.3, -0.25) is 4.79 Å². The minimum atomic E-state index is -1.20. The minimum absolute atomic E-state index is 0. The van der Waals surface area contributed by atoms with Crippen LogP contribution in [0.5, 0.6) is 0 Å². The second kappa shape index (κ2) is 6.99. The Hall–Kier alpha value is -0.120. The molecule has 0 aromatic carbocycles. The van der Waals surface area contributed by atoms with Gasteiger partial charge in [-0.05, 0) is 12.5 Å². The van der Waals surface area contributed by atoms with E-state index < -0.39 is 5.97 Å². The molecule has 0 heterocycles. The quantitative estimate of drug-likeness (QED) is 0.306. The van der Waals surface area contributed by atoms with E-state index in [1.807, 2.05) is 0 Å². The largest absolute Gasteiger partial charge is 1.00 e. The summed E-state index contributed by atoms with van der Waals surface area (Å²) >= 11 is 0. The first-order valence-electron chi connectivity index (χ1n) is 2.52. The van der Waals surface area contributed by atoms with Crippen LogP contribution in [-0.4, -0.2) is 11.8 Å². The van der Waals surface area contributed by atoms with Crippen LogP contribution in [0.3, 0.4) is 0 Å². The molecule has 0 saturated heterocycles. The number of rotatable bonds is 4. The maximum atomic E-state index is 10.3. The molecule has 0 bridgehead atoms. The predicted molar refractivity (Wildman–Crippen MR) is 29.4 cm³/mol. The molecule has 0 aliphatic carbocycles. The van der Waals surface area contributed by atoms with E-state index in [1.54, 1.807) is 0 Å². The normalized spacial score (nSPS) is 7.60. The summed E-state index contributed by atoms with van der Waals surface area (Å²) in [4.78, 5) is 20.0. The Kier molecular flexibility index (Phi) is 8.77. The molecule has 3 nitrogen and oxygen atoms in total. The molecule has 0 aliphatic rings. The standard InChI is InChI=1S/C6H8O3.Na/c1-2-5(7)3-4-6(8)9;/h2H,1,3-4H2,(H,8,9);/q;+1/p-1. The smallest absolute Gasteiger partial charge is 0.550 e. The van der Waals surface area contributed by atoms with Gasteiger partial charge in [-0.25, -0.2) is 0 Å². The SMILES string of the molecule is C=CC(=O)CCC(=O)[O-].[Na+]. The van der Waals surface area contributed by atoms with Crippen LogP contribution < -0.4 is 34.7 Å². The van der Waals surface area contributed by atoms with Crippen molar-refractivity contribution in [3.05, 3.63) is 12.7 Å². The first-order valence-corrected chi connectivity index (χ1v) is 2.52. The Balaban J connectivity index is 0. The number of hydrogen-bond donors (Lipinski definition) is 0. The number of carbonyl (C=O) groups excluding carboxylic acids is 2. The number of carboxylic acids is 1. The molecule has 0 aromatic heterocycles. The van der Waals surface area contributed by atoms with E-state index in [9.17, 15) is 14.7 Å². The third kappa shape index (κ3) is 7.88. The van der Waals surface area contributed by atoms with Crippen LogP contribution >= 0.6 is 0 Å². The van der Waals surface area contributed by atoms with E-state index >= 15 is 0 Å². The zero-order valence-electron chi connectivity index (χ0n) is 5.92. The topological polar surface area (TPSA) is 57.2 Å². The van der Waals surface area contributed by atoms with E-state index in [4.69, 9.17) is 0 Å². The third-order valence-corrected chi connectivity index (χ3v) is 0.803. The molecule has 0 saturated carbocycles. The molecule has 0 radical (unpaired) electrons. The number of aliphatic carboxylic acids is 1. The van der Waals surface area contributed by atoms with Gasteiger partial charge in [0.05, 0.1) is 0 Å². The fourth-order valence-corrected chi connectivity index (χ4v) is 0.327. The van der Waals surface area contributed by atoms with Crippen molar-refractivity contribution < 1.29 is 44.3 Å². The summed E-state index contributed by atoms with van der Waals surface area (Å²) in [7, 11) is 0. The maximum Gasteiger partial charge on any atom is 1.00 e. The molecule has 0 fully saturated rings. The molecule has 0 N–H and O–H groups in total. The van der Waals surface area contributed by atoms with E-state index in [2.05, 4.69) is 6.58 Å². The molecule has 0 amide bonds. The number of allylic oxidation sites excluding steroid dienone is 1. The summed E-state index contributed by atoms with van der Waals surface area (Å²) < 4.78 is 0. The zero-order valence-corrected chi connectivity index (χ0v) is 7.92. The van der Waals surface area contributed by atoms with Crippen molar-refractivity contribution >= 4 is 11.8 Å². The van der Waals surface area contributed by atoms with E-state index in [0.717, 1.165) is 6.08 Å². The van der Waals surface area contributed by atoms with Gasteiger partial charge in [0, 0.05) is 12.4 Å². The Morgan fingerprint density at radius 2 is 1.90 bits per heavy atom. The van der Waals surface area contributed by atoms with E-state index in [1.165, 1.54) is 0 Å². The van der Waals surface area contributed by atoms with E-state index in [-0.39, 0.29) is 48.2 Å². The minimum Gasteiger partial charge on any atom is -0.550 e. The number of hydrogen-bond acceptors (Lipinski definition) is 3. The summed E-state index contributed by atoms with van der Waals surface area (Å²) in [6, 6.07) is 0. The van der Waals surface area contributed by atoms with Gasteiger partial charge in [0.2, 0.25) is 0 Å². The van der Waals surface area contributed by atoms with Gasteiger partial charge in [0.15, 0.2) is 5.78 Å².